The van der Waals surface area contributed by atoms with Gasteiger partial charge >= 0.3 is 0 Å². The highest BCUT2D eigenvalue weighted by Crippen LogP contribution is 2.22. The van der Waals surface area contributed by atoms with Crippen LogP contribution in [0.25, 0.3) is 0 Å². The van der Waals surface area contributed by atoms with Gasteiger partial charge in [-0.1, -0.05) is 59.6 Å². The Morgan fingerprint density at radius 2 is 1.76 bits per heavy atom. The first-order valence-electron chi connectivity index (χ1n) is 15.5. The Hall–Kier alpha value is -5.52. The fourth-order valence-electron chi connectivity index (χ4n) is 4.96. The van der Waals surface area contributed by atoms with E-state index in [4.69, 9.17) is 34.3 Å². The third-order valence-electron chi connectivity index (χ3n) is 7.48. The number of nitriles is 1. The summed E-state index contributed by atoms with van der Waals surface area (Å²) >= 11 is 12.5. The van der Waals surface area contributed by atoms with E-state index >= 15 is 0 Å². The molecule has 13 nitrogen and oxygen atoms in total. The van der Waals surface area contributed by atoms with Gasteiger partial charge in [-0.25, -0.2) is 9.49 Å². The van der Waals surface area contributed by atoms with Gasteiger partial charge in [-0.15, -0.1) is 5.10 Å². The molecule has 0 saturated carbocycles. The van der Waals surface area contributed by atoms with Crippen LogP contribution in [-0.2, 0) is 33.6 Å². The van der Waals surface area contributed by atoms with Crippen LogP contribution in [0.15, 0.2) is 66.7 Å². The monoisotopic (exact) mass is 720 g/mol. The van der Waals surface area contributed by atoms with Gasteiger partial charge < -0.3 is 27.0 Å². The first kappa shape index (κ1) is 37.3. The number of nitrogens with two attached hydrogens (primary N) is 1. The van der Waals surface area contributed by atoms with Gasteiger partial charge in [0.25, 0.3) is 5.91 Å². The van der Waals surface area contributed by atoms with Crippen molar-refractivity contribution in [2.75, 3.05) is 24.1 Å². The van der Waals surface area contributed by atoms with Crippen LogP contribution in [-0.4, -0.2) is 63.8 Å². The van der Waals surface area contributed by atoms with Crippen molar-refractivity contribution in [1.82, 2.24) is 31.1 Å². The zero-order valence-electron chi connectivity index (χ0n) is 26.7. The summed E-state index contributed by atoms with van der Waals surface area (Å²) in [6.45, 7) is 0.771. The van der Waals surface area contributed by atoms with Crippen molar-refractivity contribution in [1.29, 1.82) is 10.7 Å². The molecule has 4 rings (SSSR count). The second kappa shape index (κ2) is 18.3. The Balaban J connectivity index is 1.47. The zero-order chi connectivity index (χ0) is 36.0. The summed E-state index contributed by atoms with van der Waals surface area (Å²) in [4.78, 5) is 44.1. The van der Waals surface area contributed by atoms with Crippen LogP contribution in [0, 0.1) is 22.6 Å². The smallest absolute Gasteiger partial charge is 0.265 e. The predicted molar refractivity (Wildman–Crippen MR) is 188 cm³/mol. The number of aromatic nitrogens is 3. The van der Waals surface area contributed by atoms with E-state index in [0.29, 0.717) is 52.7 Å². The lowest BCUT2D eigenvalue weighted by molar-refractivity contribution is -0.127. The molecule has 3 amide bonds. The lowest BCUT2D eigenvalue weighted by Crippen LogP contribution is -2.53. The highest BCUT2D eigenvalue weighted by molar-refractivity contribution is 6.38. The van der Waals surface area contributed by atoms with Crippen molar-refractivity contribution >= 4 is 58.5 Å². The zero-order valence-corrected chi connectivity index (χ0v) is 28.2. The molecule has 0 spiro atoms. The van der Waals surface area contributed by atoms with Gasteiger partial charge in [-0.3, -0.25) is 19.8 Å². The number of hydrogen-bond acceptors (Lipinski definition) is 9. The van der Waals surface area contributed by atoms with Crippen molar-refractivity contribution in [3.05, 3.63) is 105 Å². The van der Waals surface area contributed by atoms with Crippen molar-refractivity contribution in [2.45, 2.75) is 44.2 Å². The number of nitrogens with zero attached hydrogens (tertiary/aromatic N) is 3. The number of halogens is 3. The molecule has 1 heterocycles. The molecule has 4 aromatic rings. The van der Waals surface area contributed by atoms with Crippen LogP contribution in [0.4, 0.5) is 16.3 Å². The molecule has 0 fully saturated rings. The number of anilines is 2. The largest absolute Gasteiger partial charge is 0.368 e. The van der Waals surface area contributed by atoms with E-state index in [9.17, 15) is 24.0 Å². The number of rotatable bonds is 17. The van der Waals surface area contributed by atoms with Gasteiger partial charge in [0.2, 0.25) is 23.7 Å². The van der Waals surface area contributed by atoms with Gasteiger partial charge in [0.05, 0.1) is 11.6 Å². The average Bonchev–Trinajstić information content (AvgIpc) is 3.51. The Morgan fingerprint density at radius 1 is 1.00 bits per heavy atom. The molecule has 2 atom stereocenters. The maximum absolute atomic E-state index is 13.9. The SMILES string of the molecule is N#Cc1ccccc1CC(=N)C(=O)N[C@H](Cc1ccc(Cl)cc1Cl)C(=O)N[C@H](CC(=O)NCCCNc1n[nH]c(N)n1)Cc1ccc(F)cc1. The molecule has 0 aliphatic carbocycles. The fraction of sp³-hybridized carbons (Fsp3) is 0.265. The highest BCUT2D eigenvalue weighted by atomic mass is 35.5. The van der Waals surface area contributed by atoms with Gasteiger partial charge in [-0.2, -0.15) is 10.2 Å². The number of nitrogens with one attached hydrogen (secondary N) is 6. The molecule has 8 N–H and O–H groups in total. The molecule has 260 valence electrons. The quantitative estimate of drug-likeness (QED) is 0.0629. The number of H-pyrrole nitrogens is 1. The van der Waals surface area contributed by atoms with E-state index in [1.165, 1.54) is 18.2 Å². The maximum atomic E-state index is 13.9. The molecule has 1 aromatic heterocycles. The van der Waals surface area contributed by atoms with Crippen molar-refractivity contribution in [3.63, 3.8) is 0 Å². The van der Waals surface area contributed by atoms with E-state index in [1.807, 2.05) is 6.07 Å². The lowest BCUT2D eigenvalue weighted by Gasteiger charge is -2.24. The third-order valence-corrected chi connectivity index (χ3v) is 8.06. The minimum absolute atomic E-state index is 0.0609. The summed E-state index contributed by atoms with van der Waals surface area (Å²) in [5, 5.41) is 36.2. The van der Waals surface area contributed by atoms with Crippen LogP contribution in [0.1, 0.15) is 35.1 Å². The molecule has 0 saturated heterocycles. The molecule has 0 bridgehead atoms. The second-order valence-corrected chi connectivity index (χ2v) is 12.1. The minimum Gasteiger partial charge on any atom is -0.368 e. The number of hydrogen-bond donors (Lipinski definition) is 7. The summed E-state index contributed by atoms with van der Waals surface area (Å²) in [6, 6.07) is 17.1. The number of benzene rings is 3. The van der Waals surface area contributed by atoms with Crippen LogP contribution >= 0.6 is 23.2 Å². The summed E-state index contributed by atoms with van der Waals surface area (Å²) < 4.78 is 13.6. The van der Waals surface area contributed by atoms with Crippen LogP contribution in [0.5, 0.6) is 0 Å². The topological polar surface area (TPSA) is 215 Å². The molecule has 3 aromatic carbocycles. The van der Waals surface area contributed by atoms with Gasteiger partial charge in [0, 0.05) is 48.4 Å². The highest BCUT2D eigenvalue weighted by Gasteiger charge is 2.27. The number of nitrogen functional groups attached to an aromatic ring is 1. The molecule has 0 aliphatic rings. The Kier molecular flexibility index (Phi) is 13.7. The predicted octanol–water partition coefficient (Wildman–Crippen LogP) is 3.73. The van der Waals surface area contributed by atoms with Crippen LogP contribution in [0.2, 0.25) is 10.0 Å². The summed E-state index contributed by atoms with van der Waals surface area (Å²) in [5.41, 5.74) is 7.13. The van der Waals surface area contributed by atoms with E-state index < -0.39 is 29.7 Å². The number of amides is 3. The summed E-state index contributed by atoms with van der Waals surface area (Å²) in [6.07, 6.45) is 0.388. The van der Waals surface area contributed by atoms with E-state index in [2.05, 4.69) is 36.4 Å². The standard InChI is InChI=1S/C34H35Cl2FN10O3/c35-24-9-8-22(27(36)17-24)16-29(44-31(49)28(39)15-21-4-1-2-5-23(21)19-38)32(50)43-26(14-20-6-10-25(37)11-7-20)18-30(48)41-12-3-13-42-34-45-33(40)46-47-34/h1-2,4-11,17,26,29,39H,3,12-16,18H2,(H,41,48)(H,43,50)(H,44,49)(H4,40,42,45,46,47)/t26-,29+/m0/s1. The van der Waals surface area contributed by atoms with E-state index in [-0.39, 0.29) is 48.3 Å². The van der Waals surface area contributed by atoms with Crippen molar-refractivity contribution in [3.8, 4) is 6.07 Å². The fourth-order valence-corrected chi connectivity index (χ4v) is 5.45. The molecular formula is C34H35Cl2FN10O3. The first-order valence-corrected chi connectivity index (χ1v) is 16.3. The summed E-state index contributed by atoms with van der Waals surface area (Å²) in [7, 11) is 0. The minimum atomic E-state index is -1.22. The van der Waals surface area contributed by atoms with E-state index in [0.717, 1.165) is 0 Å². The number of aromatic amines is 1. The van der Waals surface area contributed by atoms with E-state index in [1.54, 1.807) is 48.5 Å². The van der Waals surface area contributed by atoms with Gasteiger partial charge in [0.1, 0.15) is 17.6 Å². The number of carbonyl (C=O) groups excluding carboxylic acids is 3. The maximum Gasteiger partial charge on any atom is 0.265 e. The average molecular weight is 722 g/mol. The molecule has 16 heteroatoms. The summed E-state index contributed by atoms with van der Waals surface area (Å²) in [5.74, 6) is -1.73. The molecule has 0 aliphatic heterocycles. The van der Waals surface area contributed by atoms with Crippen molar-refractivity contribution < 1.29 is 18.8 Å². The van der Waals surface area contributed by atoms with Gasteiger partial charge in [0.15, 0.2) is 0 Å². The normalized spacial score (nSPS) is 11.9. The Morgan fingerprint density at radius 3 is 2.46 bits per heavy atom. The van der Waals surface area contributed by atoms with Gasteiger partial charge in [-0.05, 0) is 59.9 Å². The molecular weight excluding hydrogens is 686 g/mol. The molecule has 0 unspecified atom stereocenters. The second-order valence-electron chi connectivity index (χ2n) is 11.3. The number of carbonyl (C=O) groups is 3. The third kappa shape index (κ3) is 11.6. The first-order chi connectivity index (χ1) is 24.0. The van der Waals surface area contributed by atoms with Crippen molar-refractivity contribution in [2.24, 2.45) is 0 Å². The van der Waals surface area contributed by atoms with Crippen LogP contribution in [0.3, 0.4) is 0 Å². The molecule has 50 heavy (non-hydrogen) atoms. The van der Waals surface area contributed by atoms with Crippen LogP contribution < -0.4 is 27.0 Å². The lowest BCUT2D eigenvalue weighted by atomic mass is 10.00. The molecule has 0 radical (unpaired) electrons. The Bertz CT molecular complexity index is 1860. The Labute approximate surface area is 297 Å².